The molecule has 1 aliphatic heterocycles. The van der Waals surface area contributed by atoms with Crippen molar-refractivity contribution in [2.24, 2.45) is 0 Å². The SMILES string of the molecule is CCOC(=O)C1(NC2CC2)CCN(C(C)C)C1. The highest BCUT2D eigenvalue weighted by Gasteiger charge is 2.48. The number of hydrogen-bond donors (Lipinski definition) is 1. The zero-order valence-corrected chi connectivity index (χ0v) is 11.2. The predicted octanol–water partition coefficient (Wildman–Crippen LogP) is 1.15. The van der Waals surface area contributed by atoms with E-state index in [1.54, 1.807) is 0 Å². The molecular formula is C13H24N2O2. The smallest absolute Gasteiger partial charge is 0.327 e. The van der Waals surface area contributed by atoms with E-state index in [0.717, 1.165) is 19.5 Å². The summed E-state index contributed by atoms with van der Waals surface area (Å²) in [5.41, 5.74) is -0.443. The third kappa shape index (κ3) is 2.80. The molecule has 0 amide bonds. The molecule has 4 nitrogen and oxygen atoms in total. The maximum Gasteiger partial charge on any atom is 0.327 e. The van der Waals surface area contributed by atoms with Crippen molar-refractivity contribution in [3.63, 3.8) is 0 Å². The number of rotatable bonds is 5. The number of ether oxygens (including phenoxy) is 1. The predicted molar refractivity (Wildman–Crippen MR) is 66.8 cm³/mol. The van der Waals surface area contributed by atoms with E-state index in [1.807, 2.05) is 6.92 Å². The van der Waals surface area contributed by atoms with E-state index in [4.69, 9.17) is 4.74 Å². The summed E-state index contributed by atoms with van der Waals surface area (Å²) in [5.74, 6) is -0.0601. The molecule has 17 heavy (non-hydrogen) atoms. The summed E-state index contributed by atoms with van der Waals surface area (Å²) in [6.45, 7) is 8.47. The largest absolute Gasteiger partial charge is 0.465 e. The Morgan fingerprint density at radius 1 is 1.53 bits per heavy atom. The second-order valence-electron chi connectivity index (χ2n) is 5.54. The summed E-state index contributed by atoms with van der Waals surface area (Å²) in [6, 6.07) is 1.03. The Morgan fingerprint density at radius 3 is 2.71 bits per heavy atom. The zero-order valence-electron chi connectivity index (χ0n) is 11.2. The summed E-state index contributed by atoms with van der Waals surface area (Å²) < 4.78 is 5.26. The Morgan fingerprint density at radius 2 is 2.24 bits per heavy atom. The van der Waals surface area contributed by atoms with Crippen LogP contribution in [0.1, 0.15) is 40.0 Å². The minimum Gasteiger partial charge on any atom is -0.465 e. The Balaban J connectivity index is 2.05. The number of likely N-dealkylation sites (tertiary alicyclic amines) is 1. The monoisotopic (exact) mass is 240 g/mol. The Bertz CT molecular complexity index is 289. The lowest BCUT2D eigenvalue weighted by molar-refractivity contribution is -0.150. The normalized spacial score (nSPS) is 29.9. The van der Waals surface area contributed by atoms with Crippen LogP contribution in [0.15, 0.2) is 0 Å². The highest BCUT2D eigenvalue weighted by atomic mass is 16.5. The molecule has 0 aromatic rings. The fourth-order valence-electron chi connectivity index (χ4n) is 2.51. The third-order valence-corrected chi connectivity index (χ3v) is 3.75. The van der Waals surface area contributed by atoms with E-state index in [1.165, 1.54) is 12.8 Å². The minimum atomic E-state index is -0.443. The fourth-order valence-corrected chi connectivity index (χ4v) is 2.51. The standard InChI is InChI=1S/C13H24N2O2/c1-4-17-12(16)13(14-11-5-6-11)7-8-15(9-13)10(2)3/h10-11,14H,4-9H2,1-3H3. The van der Waals surface area contributed by atoms with Crippen molar-refractivity contribution in [1.29, 1.82) is 0 Å². The molecule has 1 saturated carbocycles. The Hall–Kier alpha value is -0.610. The molecule has 1 aliphatic carbocycles. The summed E-state index contributed by atoms with van der Waals surface area (Å²) in [5, 5.41) is 3.52. The average Bonchev–Trinajstić information content (AvgIpc) is 2.95. The van der Waals surface area contributed by atoms with Gasteiger partial charge in [0.2, 0.25) is 0 Å². The topological polar surface area (TPSA) is 41.6 Å². The van der Waals surface area contributed by atoms with Crippen LogP contribution in [0, 0.1) is 0 Å². The summed E-state index contributed by atoms with van der Waals surface area (Å²) >= 11 is 0. The number of nitrogens with one attached hydrogen (secondary N) is 1. The Labute approximate surface area is 104 Å². The molecule has 0 radical (unpaired) electrons. The molecule has 1 heterocycles. The molecule has 0 spiro atoms. The first kappa shape index (κ1) is 12.8. The lowest BCUT2D eigenvalue weighted by Gasteiger charge is -2.29. The van der Waals surface area contributed by atoms with E-state index in [2.05, 4.69) is 24.1 Å². The molecule has 1 atom stereocenters. The van der Waals surface area contributed by atoms with Gasteiger partial charge in [0.1, 0.15) is 5.54 Å². The second-order valence-corrected chi connectivity index (χ2v) is 5.54. The van der Waals surface area contributed by atoms with Gasteiger partial charge in [-0.05, 0) is 40.0 Å². The first-order valence-electron chi connectivity index (χ1n) is 6.76. The molecule has 4 heteroatoms. The molecule has 0 aromatic carbocycles. The van der Waals surface area contributed by atoms with E-state index in [9.17, 15) is 4.79 Å². The number of hydrogen-bond acceptors (Lipinski definition) is 4. The molecule has 2 rings (SSSR count). The number of carbonyl (C=O) groups is 1. The molecule has 0 aromatic heterocycles. The van der Waals surface area contributed by atoms with Crippen molar-refractivity contribution >= 4 is 5.97 Å². The maximum absolute atomic E-state index is 12.2. The van der Waals surface area contributed by atoms with E-state index >= 15 is 0 Å². The average molecular weight is 240 g/mol. The Kier molecular flexibility index (Phi) is 3.73. The molecule has 1 unspecified atom stereocenters. The molecule has 2 fully saturated rings. The van der Waals surface area contributed by atoms with Crippen LogP contribution >= 0.6 is 0 Å². The molecule has 1 saturated heterocycles. The van der Waals surface area contributed by atoms with Gasteiger partial charge in [-0.1, -0.05) is 0 Å². The first-order chi connectivity index (χ1) is 8.07. The molecular weight excluding hydrogens is 216 g/mol. The van der Waals surface area contributed by atoms with Crippen LogP contribution in [0.4, 0.5) is 0 Å². The van der Waals surface area contributed by atoms with Crippen molar-refractivity contribution in [3.05, 3.63) is 0 Å². The van der Waals surface area contributed by atoms with Gasteiger partial charge in [-0.15, -0.1) is 0 Å². The van der Waals surface area contributed by atoms with Crippen molar-refractivity contribution in [3.8, 4) is 0 Å². The van der Waals surface area contributed by atoms with E-state index in [-0.39, 0.29) is 5.97 Å². The quantitative estimate of drug-likeness (QED) is 0.732. The summed E-state index contributed by atoms with van der Waals surface area (Å²) in [4.78, 5) is 14.5. The van der Waals surface area contributed by atoms with Crippen LogP contribution in [-0.2, 0) is 9.53 Å². The van der Waals surface area contributed by atoms with Crippen molar-refractivity contribution in [1.82, 2.24) is 10.2 Å². The van der Waals surface area contributed by atoms with Crippen LogP contribution in [0.3, 0.4) is 0 Å². The summed E-state index contributed by atoms with van der Waals surface area (Å²) in [7, 11) is 0. The van der Waals surface area contributed by atoms with Crippen LogP contribution in [0.5, 0.6) is 0 Å². The minimum absolute atomic E-state index is 0.0601. The van der Waals surface area contributed by atoms with Gasteiger partial charge in [0, 0.05) is 25.2 Å². The molecule has 1 N–H and O–H groups in total. The van der Waals surface area contributed by atoms with Gasteiger partial charge in [-0.25, -0.2) is 4.79 Å². The van der Waals surface area contributed by atoms with Crippen molar-refractivity contribution in [2.45, 2.75) is 57.7 Å². The van der Waals surface area contributed by atoms with Crippen LogP contribution in [0.25, 0.3) is 0 Å². The highest BCUT2D eigenvalue weighted by molar-refractivity contribution is 5.82. The fraction of sp³-hybridized carbons (Fsp3) is 0.923. The highest BCUT2D eigenvalue weighted by Crippen LogP contribution is 2.30. The van der Waals surface area contributed by atoms with Gasteiger partial charge < -0.3 is 4.74 Å². The lowest BCUT2D eigenvalue weighted by Crippen LogP contribution is -2.56. The molecule has 2 aliphatic rings. The van der Waals surface area contributed by atoms with Gasteiger partial charge in [-0.3, -0.25) is 10.2 Å². The van der Waals surface area contributed by atoms with Gasteiger partial charge in [0.15, 0.2) is 0 Å². The maximum atomic E-state index is 12.2. The first-order valence-corrected chi connectivity index (χ1v) is 6.76. The number of carbonyl (C=O) groups excluding carboxylic acids is 1. The molecule has 98 valence electrons. The van der Waals surface area contributed by atoms with Gasteiger partial charge in [0.05, 0.1) is 6.61 Å². The molecule has 0 bridgehead atoms. The van der Waals surface area contributed by atoms with Crippen LogP contribution in [-0.4, -0.2) is 48.2 Å². The summed E-state index contributed by atoms with van der Waals surface area (Å²) in [6.07, 6.45) is 3.27. The third-order valence-electron chi connectivity index (χ3n) is 3.75. The zero-order chi connectivity index (χ0) is 12.5. The number of esters is 1. The number of nitrogens with zero attached hydrogens (tertiary/aromatic N) is 1. The van der Waals surface area contributed by atoms with Gasteiger partial charge >= 0.3 is 5.97 Å². The van der Waals surface area contributed by atoms with Crippen LogP contribution in [0.2, 0.25) is 0 Å². The van der Waals surface area contributed by atoms with Crippen molar-refractivity contribution < 1.29 is 9.53 Å². The van der Waals surface area contributed by atoms with Crippen molar-refractivity contribution in [2.75, 3.05) is 19.7 Å². The van der Waals surface area contributed by atoms with E-state index < -0.39 is 5.54 Å². The van der Waals surface area contributed by atoms with Gasteiger partial charge in [0.25, 0.3) is 0 Å². The second kappa shape index (κ2) is 4.94. The van der Waals surface area contributed by atoms with Gasteiger partial charge in [-0.2, -0.15) is 0 Å². The lowest BCUT2D eigenvalue weighted by atomic mass is 9.98. The van der Waals surface area contributed by atoms with Crippen LogP contribution < -0.4 is 5.32 Å². The van der Waals surface area contributed by atoms with E-state index in [0.29, 0.717) is 18.7 Å².